The van der Waals surface area contributed by atoms with Crippen LogP contribution in [-0.2, 0) is 22.4 Å². The molecule has 7 heteroatoms. The number of amides is 2. The summed E-state index contributed by atoms with van der Waals surface area (Å²) in [5, 5.41) is 12.6. The van der Waals surface area contributed by atoms with Crippen LogP contribution >= 0.6 is 11.3 Å². The molecule has 1 aromatic rings. The number of anilines is 1. The fourth-order valence-electron chi connectivity index (χ4n) is 3.50. The van der Waals surface area contributed by atoms with E-state index >= 15 is 0 Å². The van der Waals surface area contributed by atoms with Crippen molar-refractivity contribution in [2.45, 2.75) is 38.5 Å². The minimum Gasteiger partial charge on any atom is -0.481 e. The summed E-state index contributed by atoms with van der Waals surface area (Å²) < 4.78 is 0. The summed E-state index contributed by atoms with van der Waals surface area (Å²) in [5.74, 6) is -3.23. The Morgan fingerprint density at radius 1 is 1.12 bits per heavy atom. The van der Waals surface area contributed by atoms with Crippen LogP contribution in [0.5, 0.6) is 0 Å². The van der Waals surface area contributed by atoms with Crippen molar-refractivity contribution in [1.29, 1.82) is 0 Å². The van der Waals surface area contributed by atoms with Crippen LogP contribution in [0.3, 0.4) is 0 Å². The first kappa shape index (κ1) is 16.7. The summed E-state index contributed by atoms with van der Waals surface area (Å²) in [7, 11) is 0. The molecule has 0 aromatic carbocycles. The predicted octanol–water partition coefficient (Wildman–Crippen LogP) is 2.33. The number of thiophene rings is 1. The Kier molecular flexibility index (Phi) is 4.71. The summed E-state index contributed by atoms with van der Waals surface area (Å²) >= 11 is 1.39. The maximum absolute atomic E-state index is 12.6. The second kappa shape index (κ2) is 6.76. The molecule has 128 valence electrons. The van der Waals surface area contributed by atoms with Gasteiger partial charge in [0.2, 0.25) is 5.91 Å². The molecule has 0 bridgehead atoms. The van der Waals surface area contributed by atoms with Gasteiger partial charge >= 0.3 is 5.97 Å². The molecular formula is C17H20N2O4S. The van der Waals surface area contributed by atoms with Gasteiger partial charge in [-0.05, 0) is 44.1 Å². The Hall–Kier alpha value is -2.15. The van der Waals surface area contributed by atoms with Gasteiger partial charge in [-0.15, -0.1) is 11.3 Å². The number of aliphatic carboxylic acids is 1. The number of nitrogens with two attached hydrogens (primary N) is 1. The topological polar surface area (TPSA) is 109 Å². The van der Waals surface area contributed by atoms with E-state index in [1.54, 1.807) is 6.08 Å². The van der Waals surface area contributed by atoms with Gasteiger partial charge in [0.05, 0.1) is 17.4 Å². The van der Waals surface area contributed by atoms with Crippen molar-refractivity contribution in [2.24, 2.45) is 17.6 Å². The Balaban J connectivity index is 1.86. The van der Waals surface area contributed by atoms with Crippen molar-refractivity contribution in [3.05, 3.63) is 28.2 Å². The molecule has 0 unspecified atom stereocenters. The number of allylic oxidation sites excluding steroid dienone is 2. The highest BCUT2D eigenvalue weighted by molar-refractivity contribution is 7.17. The number of carbonyl (C=O) groups excluding carboxylic acids is 2. The molecule has 2 amide bonds. The zero-order valence-electron chi connectivity index (χ0n) is 13.2. The number of carbonyl (C=O) groups is 3. The van der Waals surface area contributed by atoms with Crippen molar-refractivity contribution in [3.63, 3.8) is 0 Å². The number of carboxylic acids is 1. The molecule has 0 aliphatic heterocycles. The minimum atomic E-state index is -0.972. The van der Waals surface area contributed by atoms with Crippen molar-refractivity contribution in [3.8, 4) is 0 Å². The maximum atomic E-state index is 12.6. The van der Waals surface area contributed by atoms with Gasteiger partial charge in [0, 0.05) is 4.88 Å². The molecular weight excluding hydrogens is 328 g/mol. The number of nitrogens with one attached hydrogen (secondary N) is 1. The number of hydrogen-bond donors (Lipinski definition) is 3. The van der Waals surface area contributed by atoms with Gasteiger partial charge in [0.15, 0.2) is 0 Å². The fraction of sp³-hybridized carbons (Fsp3) is 0.471. The molecule has 0 saturated carbocycles. The molecule has 3 rings (SSSR count). The van der Waals surface area contributed by atoms with Crippen molar-refractivity contribution >= 4 is 34.1 Å². The molecule has 6 nitrogen and oxygen atoms in total. The van der Waals surface area contributed by atoms with Gasteiger partial charge in [0.1, 0.15) is 5.00 Å². The van der Waals surface area contributed by atoms with E-state index in [1.807, 2.05) is 6.08 Å². The van der Waals surface area contributed by atoms with Crippen LogP contribution in [0.1, 0.15) is 46.5 Å². The van der Waals surface area contributed by atoms with Gasteiger partial charge in [-0.3, -0.25) is 14.4 Å². The average Bonchev–Trinajstić information content (AvgIpc) is 2.92. The third-order valence-electron chi connectivity index (χ3n) is 4.74. The molecule has 2 aliphatic carbocycles. The van der Waals surface area contributed by atoms with E-state index in [0.29, 0.717) is 23.4 Å². The highest BCUT2D eigenvalue weighted by atomic mass is 32.1. The molecule has 1 heterocycles. The lowest BCUT2D eigenvalue weighted by Crippen LogP contribution is -2.35. The summed E-state index contributed by atoms with van der Waals surface area (Å²) in [6.07, 6.45) is 8.11. The zero-order valence-corrected chi connectivity index (χ0v) is 14.0. The molecule has 0 spiro atoms. The Bertz CT molecular complexity index is 722. The molecule has 4 N–H and O–H groups in total. The van der Waals surface area contributed by atoms with Crippen molar-refractivity contribution < 1.29 is 19.5 Å². The normalized spacial score (nSPS) is 22.7. The largest absolute Gasteiger partial charge is 0.481 e. The fourth-order valence-corrected chi connectivity index (χ4v) is 4.79. The van der Waals surface area contributed by atoms with E-state index < -0.39 is 23.7 Å². The molecule has 0 saturated heterocycles. The van der Waals surface area contributed by atoms with Crippen LogP contribution in [0.2, 0.25) is 0 Å². The van der Waals surface area contributed by atoms with Crippen LogP contribution in [-0.4, -0.2) is 22.9 Å². The number of fused-ring (bicyclic) bond motifs is 1. The summed E-state index contributed by atoms with van der Waals surface area (Å²) in [6.45, 7) is 0. The SMILES string of the molecule is NC(=O)c1c(NC(=O)[C@@H]2CC=CC[C@H]2C(=O)O)sc2c1CCCC2. The van der Waals surface area contributed by atoms with Gasteiger partial charge in [0.25, 0.3) is 5.91 Å². The maximum Gasteiger partial charge on any atom is 0.307 e. The predicted molar refractivity (Wildman–Crippen MR) is 91.1 cm³/mol. The molecule has 0 radical (unpaired) electrons. The quantitative estimate of drug-likeness (QED) is 0.725. The summed E-state index contributed by atoms with van der Waals surface area (Å²) in [5.41, 5.74) is 6.88. The Labute approximate surface area is 143 Å². The van der Waals surface area contributed by atoms with Crippen LogP contribution in [0.25, 0.3) is 0 Å². The third kappa shape index (κ3) is 3.08. The summed E-state index contributed by atoms with van der Waals surface area (Å²) in [6, 6.07) is 0. The number of aryl methyl sites for hydroxylation is 1. The zero-order chi connectivity index (χ0) is 17.3. The van der Waals surface area contributed by atoms with Crippen LogP contribution < -0.4 is 11.1 Å². The number of hydrogen-bond acceptors (Lipinski definition) is 4. The molecule has 2 atom stereocenters. The standard InChI is InChI=1S/C17H20N2O4S/c18-14(20)13-11-7-3-4-8-12(11)24-16(13)19-15(21)9-5-1-2-6-10(9)17(22)23/h1-2,9-10H,3-8H2,(H2,18,20)(H,19,21)(H,22,23)/t9-,10-/m1/s1. The van der Waals surface area contributed by atoms with Crippen LogP contribution in [0.4, 0.5) is 5.00 Å². The smallest absolute Gasteiger partial charge is 0.307 e. The van der Waals surface area contributed by atoms with Gasteiger partial charge in [-0.25, -0.2) is 0 Å². The lowest BCUT2D eigenvalue weighted by Gasteiger charge is -2.24. The molecule has 1 aromatic heterocycles. The number of rotatable bonds is 4. The first-order chi connectivity index (χ1) is 11.5. The highest BCUT2D eigenvalue weighted by Crippen LogP contribution is 2.38. The lowest BCUT2D eigenvalue weighted by atomic mass is 9.82. The van der Waals surface area contributed by atoms with E-state index in [0.717, 1.165) is 36.1 Å². The van der Waals surface area contributed by atoms with E-state index in [1.165, 1.54) is 11.3 Å². The van der Waals surface area contributed by atoms with Crippen LogP contribution in [0.15, 0.2) is 12.2 Å². The van der Waals surface area contributed by atoms with Crippen molar-refractivity contribution in [1.82, 2.24) is 0 Å². The van der Waals surface area contributed by atoms with Crippen LogP contribution in [0, 0.1) is 11.8 Å². The Morgan fingerprint density at radius 3 is 2.46 bits per heavy atom. The first-order valence-electron chi connectivity index (χ1n) is 8.12. The van der Waals surface area contributed by atoms with Gasteiger partial charge in [-0.1, -0.05) is 12.2 Å². The average molecular weight is 348 g/mol. The molecule has 0 fully saturated rings. The van der Waals surface area contributed by atoms with Gasteiger partial charge < -0.3 is 16.2 Å². The third-order valence-corrected chi connectivity index (χ3v) is 5.95. The summed E-state index contributed by atoms with van der Waals surface area (Å²) in [4.78, 5) is 36.9. The highest BCUT2D eigenvalue weighted by Gasteiger charge is 2.35. The van der Waals surface area contributed by atoms with E-state index in [9.17, 15) is 19.5 Å². The van der Waals surface area contributed by atoms with E-state index in [4.69, 9.17) is 5.73 Å². The molecule has 24 heavy (non-hydrogen) atoms. The number of primary amides is 1. The molecule has 2 aliphatic rings. The number of carboxylic acid groups (broad SMARTS) is 1. The lowest BCUT2D eigenvalue weighted by molar-refractivity contribution is -0.146. The second-order valence-electron chi connectivity index (χ2n) is 6.26. The monoisotopic (exact) mass is 348 g/mol. The minimum absolute atomic E-state index is 0.344. The second-order valence-corrected chi connectivity index (χ2v) is 7.37. The Morgan fingerprint density at radius 2 is 1.79 bits per heavy atom. The first-order valence-corrected chi connectivity index (χ1v) is 8.93. The van der Waals surface area contributed by atoms with E-state index in [-0.39, 0.29) is 5.91 Å². The van der Waals surface area contributed by atoms with Crippen molar-refractivity contribution in [2.75, 3.05) is 5.32 Å². The van der Waals surface area contributed by atoms with Gasteiger partial charge in [-0.2, -0.15) is 0 Å². The van der Waals surface area contributed by atoms with E-state index in [2.05, 4.69) is 5.32 Å².